The Morgan fingerprint density at radius 2 is 2.13 bits per heavy atom. The van der Waals surface area contributed by atoms with Gasteiger partial charge in [0.15, 0.2) is 11.4 Å². The van der Waals surface area contributed by atoms with Crippen molar-refractivity contribution < 1.29 is 4.79 Å². The first-order valence-electron chi connectivity index (χ1n) is 4.43. The molecule has 1 amide bonds. The van der Waals surface area contributed by atoms with Crippen molar-refractivity contribution in [2.24, 2.45) is 4.99 Å². The van der Waals surface area contributed by atoms with Gasteiger partial charge in [-0.25, -0.2) is 0 Å². The first kappa shape index (κ1) is 13.8. The van der Waals surface area contributed by atoms with Crippen molar-refractivity contribution in [1.29, 1.82) is 5.26 Å². The van der Waals surface area contributed by atoms with E-state index in [0.29, 0.717) is 5.17 Å². The van der Waals surface area contributed by atoms with E-state index in [-0.39, 0.29) is 18.0 Å². The highest BCUT2D eigenvalue weighted by atomic mass is 32.2. The lowest BCUT2D eigenvalue weighted by atomic mass is 10.1. The maximum Gasteiger partial charge on any atom is 0.242 e. The number of carbonyl (C=O) groups excluding carboxylic acids is 1. The van der Waals surface area contributed by atoms with Crippen LogP contribution in [0.5, 0.6) is 0 Å². The molecule has 0 saturated heterocycles. The van der Waals surface area contributed by atoms with Gasteiger partial charge in [-0.05, 0) is 27.0 Å². The van der Waals surface area contributed by atoms with Crippen molar-refractivity contribution in [3.8, 4) is 6.19 Å². The van der Waals surface area contributed by atoms with Gasteiger partial charge in [0.2, 0.25) is 5.91 Å². The minimum atomic E-state index is -0.255. The third kappa shape index (κ3) is 7.82. The van der Waals surface area contributed by atoms with Gasteiger partial charge >= 0.3 is 0 Å². The minimum Gasteiger partial charge on any atom is -0.350 e. The molecule has 0 fully saturated rings. The molecule has 5 nitrogen and oxygen atoms in total. The van der Waals surface area contributed by atoms with Crippen LogP contribution in [0.25, 0.3) is 0 Å². The normalized spacial score (nSPS) is 11.8. The van der Waals surface area contributed by atoms with Crippen LogP contribution in [0, 0.1) is 11.5 Å². The Morgan fingerprint density at radius 1 is 1.53 bits per heavy atom. The maximum atomic E-state index is 11.3. The molecule has 0 aliphatic heterocycles. The van der Waals surface area contributed by atoms with E-state index >= 15 is 0 Å². The molecule has 0 aromatic rings. The molecule has 0 aliphatic carbocycles. The fourth-order valence-electron chi connectivity index (χ4n) is 0.804. The van der Waals surface area contributed by atoms with Crippen molar-refractivity contribution in [3.63, 3.8) is 0 Å². The number of amides is 1. The van der Waals surface area contributed by atoms with Gasteiger partial charge in [-0.3, -0.25) is 15.1 Å². The summed E-state index contributed by atoms with van der Waals surface area (Å²) in [5.74, 6) is -0.159. The molecule has 2 N–H and O–H groups in total. The second-order valence-electron chi connectivity index (χ2n) is 3.86. The number of amidine groups is 1. The highest BCUT2D eigenvalue weighted by Gasteiger charge is 2.12. The van der Waals surface area contributed by atoms with Crippen LogP contribution in [-0.4, -0.2) is 29.4 Å². The molecule has 0 saturated carbocycles. The summed E-state index contributed by atoms with van der Waals surface area (Å²) in [7, 11) is 0. The standard InChI is InChI=1S/C9H16N4OS/c1-9(2,3)13-7(14)5-11-8(15-4)12-6-10/h5H2,1-4H3,(H,11,12)(H,13,14). The molecule has 0 aromatic heterocycles. The molecular weight excluding hydrogens is 212 g/mol. The van der Waals surface area contributed by atoms with Gasteiger partial charge in [-0.1, -0.05) is 11.8 Å². The zero-order valence-electron chi connectivity index (χ0n) is 9.42. The maximum absolute atomic E-state index is 11.3. The number of thioether (sulfide) groups is 1. The average Bonchev–Trinajstić information content (AvgIpc) is 2.09. The average molecular weight is 228 g/mol. The van der Waals surface area contributed by atoms with Crippen LogP contribution >= 0.6 is 11.8 Å². The molecule has 0 radical (unpaired) electrons. The monoisotopic (exact) mass is 228 g/mol. The second kappa shape index (κ2) is 6.30. The highest BCUT2D eigenvalue weighted by Crippen LogP contribution is 1.98. The molecule has 0 bridgehead atoms. The number of rotatable bonds is 2. The number of nitrogens with one attached hydrogen (secondary N) is 2. The molecule has 0 rings (SSSR count). The van der Waals surface area contributed by atoms with Crippen LogP contribution < -0.4 is 10.6 Å². The van der Waals surface area contributed by atoms with E-state index < -0.39 is 0 Å². The van der Waals surface area contributed by atoms with E-state index in [1.807, 2.05) is 20.8 Å². The fraction of sp³-hybridized carbons (Fsp3) is 0.667. The van der Waals surface area contributed by atoms with E-state index in [4.69, 9.17) is 5.26 Å². The van der Waals surface area contributed by atoms with Gasteiger partial charge in [0.1, 0.15) is 6.54 Å². The molecule has 0 spiro atoms. The molecule has 15 heavy (non-hydrogen) atoms. The van der Waals surface area contributed by atoms with Gasteiger partial charge in [0.05, 0.1) is 0 Å². The number of nitrogens with zero attached hydrogens (tertiary/aromatic N) is 2. The van der Waals surface area contributed by atoms with Crippen LogP contribution in [0.1, 0.15) is 20.8 Å². The molecule has 6 heteroatoms. The van der Waals surface area contributed by atoms with Gasteiger partial charge in [-0.2, -0.15) is 5.26 Å². The zero-order chi connectivity index (χ0) is 11.9. The topological polar surface area (TPSA) is 77.3 Å². The van der Waals surface area contributed by atoms with E-state index in [2.05, 4.69) is 15.6 Å². The molecule has 0 aromatic carbocycles. The lowest BCUT2D eigenvalue weighted by Gasteiger charge is -2.19. The van der Waals surface area contributed by atoms with Gasteiger partial charge in [-0.15, -0.1) is 0 Å². The Morgan fingerprint density at radius 3 is 2.53 bits per heavy atom. The lowest BCUT2D eigenvalue weighted by molar-refractivity contribution is -0.121. The van der Waals surface area contributed by atoms with Crippen LogP contribution in [-0.2, 0) is 4.79 Å². The summed E-state index contributed by atoms with van der Waals surface area (Å²) in [4.78, 5) is 15.3. The SMILES string of the molecule is CSC(=NCC(=O)NC(C)(C)C)NC#N. The van der Waals surface area contributed by atoms with Gasteiger partial charge in [0.25, 0.3) is 0 Å². The quantitative estimate of drug-likeness (QED) is 0.315. The zero-order valence-corrected chi connectivity index (χ0v) is 10.2. The molecular formula is C9H16N4OS. The van der Waals surface area contributed by atoms with Crippen molar-refractivity contribution in [3.05, 3.63) is 0 Å². The van der Waals surface area contributed by atoms with E-state index in [0.717, 1.165) is 0 Å². The van der Waals surface area contributed by atoms with E-state index in [1.54, 1.807) is 12.4 Å². The molecule has 0 heterocycles. The second-order valence-corrected chi connectivity index (χ2v) is 4.66. The predicted molar refractivity (Wildman–Crippen MR) is 62.5 cm³/mol. The Labute approximate surface area is 94.3 Å². The number of carbonyl (C=O) groups is 1. The number of hydrogen-bond acceptors (Lipinski definition) is 4. The number of hydrogen-bond donors (Lipinski definition) is 2. The third-order valence-corrected chi connectivity index (χ3v) is 1.85. The van der Waals surface area contributed by atoms with Crippen LogP contribution in [0.15, 0.2) is 4.99 Å². The summed E-state index contributed by atoms with van der Waals surface area (Å²) in [5, 5.41) is 14.0. The first-order valence-corrected chi connectivity index (χ1v) is 5.66. The summed E-state index contributed by atoms with van der Waals surface area (Å²) >= 11 is 1.29. The Hall–Kier alpha value is -1.22. The largest absolute Gasteiger partial charge is 0.350 e. The van der Waals surface area contributed by atoms with E-state index in [1.165, 1.54) is 11.8 Å². The highest BCUT2D eigenvalue weighted by molar-refractivity contribution is 8.13. The van der Waals surface area contributed by atoms with Crippen molar-refractivity contribution in [2.75, 3.05) is 12.8 Å². The Balaban J connectivity index is 4.14. The molecule has 0 unspecified atom stereocenters. The molecule has 84 valence electrons. The summed E-state index contributed by atoms with van der Waals surface area (Å²) in [6.07, 6.45) is 3.54. The summed E-state index contributed by atoms with van der Waals surface area (Å²) in [5.41, 5.74) is -0.255. The predicted octanol–water partition coefficient (Wildman–Crippen LogP) is 0.691. The van der Waals surface area contributed by atoms with Crippen molar-refractivity contribution in [1.82, 2.24) is 10.6 Å². The summed E-state index contributed by atoms with van der Waals surface area (Å²) in [6, 6.07) is 0. The van der Waals surface area contributed by atoms with Crippen molar-refractivity contribution >= 4 is 22.8 Å². The first-order chi connectivity index (χ1) is 6.89. The van der Waals surface area contributed by atoms with Crippen LogP contribution in [0.2, 0.25) is 0 Å². The summed E-state index contributed by atoms with van der Waals surface area (Å²) < 4.78 is 0. The third-order valence-electron chi connectivity index (χ3n) is 1.24. The summed E-state index contributed by atoms with van der Waals surface area (Å²) in [6.45, 7) is 5.73. The molecule has 0 atom stereocenters. The Bertz CT molecular complexity index is 287. The van der Waals surface area contributed by atoms with E-state index in [9.17, 15) is 4.79 Å². The Kier molecular flexibility index (Phi) is 5.79. The van der Waals surface area contributed by atoms with Crippen molar-refractivity contribution in [2.45, 2.75) is 26.3 Å². The number of nitriles is 1. The van der Waals surface area contributed by atoms with Gasteiger partial charge < -0.3 is 5.32 Å². The number of aliphatic imine (C=N–C) groups is 1. The van der Waals surface area contributed by atoms with Crippen LogP contribution in [0.3, 0.4) is 0 Å². The lowest BCUT2D eigenvalue weighted by Crippen LogP contribution is -2.42. The molecule has 0 aliphatic rings. The van der Waals surface area contributed by atoms with Crippen LogP contribution in [0.4, 0.5) is 0 Å². The fourth-order valence-corrected chi connectivity index (χ4v) is 1.15. The minimum absolute atomic E-state index is 0.0299. The smallest absolute Gasteiger partial charge is 0.242 e. The van der Waals surface area contributed by atoms with Gasteiger partial charge in [0, 0.05) is 5.54 Å².